The zero-order valence-electron chi connectivity index (χ0n) is 11.5. The van der Waals surface area contributed by atoms with E-state index < -0.39 is 7.81 Å². The average molecular weight is 388 g/mol. The van der Waals surface area contributed by atoms with Gasteiger partial charge in [-0.15, -0.1) is 0 Å². The van der Waals surface area contributed by atoms with Crippen molar-refractivity contribution in [2.24, 2.45) is 0 Å². The summed E-state index contributed by atoms with van der Waals surface area (Å²) < 4.78 is 64.4. The molecule has 0 saturated heterocycles. The van der Waals surface area contributed by atoms with Crippen LogP contribution < -0.4 is 4.74 Å². The van der Waals surface area contributed by atoms with Crippen molar-refractivity contribution < 1.29 is 47.0 Å². The van der Waals surface area contributed by atoms with Crippen LogP contribution in [0.5, 0.6) is 5.75 Å². The van der Waals surface area contributed by atoms with E-state index >= 15 is 0 Å². The number of ether oxygens (including phenoxy) is 1. The molecule has 1 nitrogen and oxygen atoms in total. The van der Waals surface area contributed by atoms with Crippen molar-refractivity contribution in [1.29, 1.82) is 0 Å². The molecule has 0 spiro atoms. The van der Waals surface area contributed by atoms with Crippen molar-refractivity contribution in [2.75, 3.05) is 6.61 Å². The largest absolute Gasteiger partial charge is 2.00 e. The van der Waals surface area contributed by atoms with Crippen molar-refractivity contribution >= 4 is 7.81 Å². The van der Waals surface area contributed by atoms with Crippen LogP contribution in [0.2, 0.25) is 0 Å². The third kappa shape index (κ3) is 27.8. The second-order valence-electron chi connectivity index (χ2n) is 3.67. The number of hydrogen-bond acceptors (Lipinski definition) is 1. The van der Waals surface area contributed by atoms with Crippen molar-refractivity contribution in [1.82, 2.24) is 0 Å². The maximum absolute atomic E-state index is 10.7. The summed E-state index contributed by atoms with van der Waals surface area (Å²) in [5.41, 5.74) is 0. The molecule has 1 aliphatic rings. The first kappa shape index (κ1) is 23.8. The fraction of sp³-hybridized carbons (Fsp3) is 0.154. The minimum atomic E-state index is -10.7. The van der Waals surface area contributed by atoms with Crippen LogP contribution >= 0.6 is 7.81 Å². The Hall–Kier alpha value is -0.451. The van der Waals surface area contributed by atoms with Gasteiger partial charge < -0.3 is 4.74 Å². The van der Waals surface area contributed by atoms with E-state index in [1.165, 1.54) is 0 Å². The summed E-state index contributed by atoms with van der Waals surface area (Å²) in [6.07, 6.45) is 10.0. The van der Waals surface area contributed by atoms with Crippen LogP contribution in [0.3, 0.4) is 0 Å². The Labute approximate surface area is 137 Å². The van der Waals surface area contributed by atoms with Crippen molar-refractivity contribution in [3.05, 3.63) is 62.4 Å². The molecule has 2 rings (SSSR count). The van der Waals surface area contributed by atoms with Gasteiger partial charge in [0.25, 0.3) is 0 Å². The third-order valence-electron chi connectivity index (χ3n) is 1.61. The van der Waals surface area contributed by atoms with Crippen LogP contribution in [-0.4, -0.2) is 6.61 Å². The zero-order valence-corrected chi connectivity index (χ0v) is 13.5. The minimum absolute atomic E-state index is 0. The molecule has 5 radical (unpaired) electrons. The van der Waals surface area contributed by atoms with Crippen LogP contribution in [0.1, 0.15) is 6.92 Å². The molecular formula is C13H15F6FeOP+. The van der Waals surface area contributed by atoms with Gasteiger partial charge >= 0.3 is 50.1 Å². The fourth-order valence-corrected chi connectivity index (χ4v) is 1.00. The number of para-hydroxylation sites is 1. The average Bonchev–Trinajstić information content (AvgIpc) is 2.85. The summed E-state index contributed by atoms with van der Waals surface area (Å²) in [5.74, 6) is 0.944. The molecule has 0 unspecified atom stereocenters. The summed E-state index contributed by atoms with van der Waals surface area (Å²) in [5, 5.41) is 0. The third-order valence-corrected chi connectivity index (χ3v) is 1.61. The van der Waals surface area contributed by atoms with Gasteiger partial charge in [0.15, 0.2) is 0 Å². The van der Waals surface area contributed by atoms with E-state index in [1.807, 2.05) is 69.4 Å². The number of rotatable bonds is 2. The summed E-state index contributed by atoms with van der Waals surface area (Å²) in [6, 6.07) is 9.80. The maximum Gasteiger partial charge on any atom is 2.00 e. The topological polar surface area (TPSA) is 9.23 Å². The first-order valence-electron chi connectivity index (χ1n) is 5.79. The summed E-state index contributed by atoms with van der Waals surface area (Å²) in [6.45, 7) is 2.72. The Bertz CT molecular complexity index is 372. The first-order chi connectivity index (χ1) is 9.38. The molecule has 1 saturated carbocycles. The first-order valence-corrected chi connectivity index (χ1v) is 7.82. The molecule has 0 aromatic heterocycles. The molecule has 0 aliphatic heterocycles. The van der Waals surface area contributed by atoms with E-state index in [4.69, 9.17) is 4.74 Å². The molecule has 0 amide bonds. The smallest absolute Gasteiger partial charge is 0.0312 e. The molecule has 1 aromatic rings. The van der Waals surface area contributed by atoms with Gasteiger partial charge in [0.1, 0.15) is 5.75 Å². The molecule has 9 heteroatoms. The van der Waals surface area contributed by atoms with Crippen molar-refractivity contribution in [3.63, 3.8) is 0 Å². The monoisotopic (exact) mass is 388 g/mol. The quantitative estimate of drug-likeness (QED) is 0.320. The second kappa shape index (κ2) is 8.99. The van der Waals surface area contributed by atoms with Gasteiger partial charge in [-0.1, -0.05) is 18.2 Å². The Kier molecular flexibility index (Phi) is 9.73. The fourth-order valence-electron chi connectivity index (χ4n) is 1.00. The number of hydrogen-bond donors (Lipinski definition) is 0. The summed E-state index contributed by atoms with van der Waals surface area (Å²) in [7, 11) is -10.7. The predicted octanol–water partition coefficient (Wildman–Crippen LogP) is 6.49. The van der Waals surface area contributed by atoms with Gasteiger partial charge in [-0.05, 0) is 51.2 Å². The van der Waals surface area contributed by atoms with Gasteiger partial charge in [0.2, 0.25) is 0 Å². The van der Waals surface area contributed by atoms with Crippen LogP contribution in [0.25, 0.3) is 0 Å². The normalized spacial score (nSPS) is 16.5. The number of benzene rings is 1. The number of halogens is 6. The summed E-state index contributed by atoms with van der Waals surface area (Å²) >= 11 is 0. The van der Waals surface area contributed by atoms with E-state index in [1.54, 1.807) is 0 Å². The van der Waals surface area contributed by atoms with Crippen molar-refractivity contribution in [2.45, 2.75) is 6.92 Å². The van der Waals surface area contributed by atoms with Crippen LogP contribution in [0.4, 0.5) is 25.2 Å². The molecule has 0 bridgehead atoms. The zero-order chi connectivity index (χ0) is 16.5. The minimum Gasteiger partial charge on any atom is -0.0312 e. The Morgan fingerprint density at radius 3 is 1.36 bits per heavy atom. The molecule has 22 heavy (non-hydrogen) atoms. The SMILES string of the molecule is CCOc1ccccc1.F[P-](F)(F)(F)(F)F.[CH]1[CH][CH][CH][CH]1.[Fe+2]. The van der Waals surface area contributed by atoms with Crippen LogP contribution in [-0.2, 0) is 17.1 Å². The molecule has 1 aliphatic carbocycles. The van der Waals surface area contributed by atoms with Gasteiger partial charge in [-0.2, -0.15) is 0 Å². The predicted molar refractivity (Wildman–Crippen MR) is 72.7 cm³/mol. The summed E-state index contributed by atoms with van der Waals surface area (Å²) in [4.78, 5) is 0. The van der Waals surface area contributed by atoms with E-state index in [0.717, 1.165) is 12.4 Å². The van der Waals surface area contributed by atoms with E-state index in [-0.39, 0.29) is 17.1 Å². The Morgan fingerprint density at radius 1 is 0.773 bits per heavy atom. The van der Waals surface area contributed by atoms with Crippen molar-refractivity contribution in [3.8, 4) is 5.75 Å². The van der Waals surface area contributed by atoms with Gasteiger partial charge in [0, 0.05) is 0 Å². The van der Waals surface area contributed by atoms with Gasteiger partial charge in [-0.25, -0.2) is 0 Å². The molecule has 0 heterocycles. The Balaban J connectivity index is 0. The van der Waals surface area contributed by atoms with Crippen LogP contribution in [0, 0.1) is 32.1 Å². The molecule has 127 valence electrons. The molecular weight excluding hydrogens is 373 g/mol. The standard InChI is InChI=1S/C8H10O.C5H5.F6P.Fe/c1-2-9-8-6-4-3-5-7-8;1-2-4-5-3-1;1-7(2,3,4,5)6;/h3-7H,2H2,1H3;1-5H;;/q;;-1;+2. The molecule has 1 fully saturated rings. The second-order valence-corrected chi connectivity index (χ2v) is 5.58. The van der Waals surface area contributed by atoms with E-state index in [2.05, 4.69) is 0 Å². The molecule has 1 aromatic carbocycles. The molecule has 0 N–H and O–H groups in total. The van der Waals surface area contributed by atoms with E-state index in [9.17, 15) is 25.2 Å². The van der Waals surface area contributed by atoms with Gasteiger partial charge in [0.05, 0.1) is 6.61 Å². The molecule has 0 atom stereocenters. The van der Waals surface area contributed by atoms with Gasteiger partial charge in [-0.3, -0.25) is 0 Å². The van der Waals surface area contributed by atoms with E-state index in [0.29, 0.717) is 0 Å². The van der Waals surface area contributed by atoms with Crippen LogP contribution in [0.15, 0.2) is 30.3 Å². The maximum atomic E-state index is 9.87. The Morgan fingerprint density at radius 2 is 1.09 bits per heavy atom.